The number of ether oxygens (including phenoxy) is 1. The third-order valence-electron chi connectivity index (χ3n) is 5.93. The van der Waals surface area contributed by atoms with Crippen molar-refractivity contribution in [1.82, 2.24) is 9.47 Å². The Morgan fingerprint density at radius 2 is 1.78 bits per heavy atom. The lowest BCUT2D eigenvalue weighted by Gasteiger charge is -2.35. The number of likely N-dealkylation sites (N-methyl/N-ethyl adjacent to an activating group) is 1. The van der Waals surface area contributed by atoms with E-state index in [-0.39, 0.29) is 11.6 Å². The Labute approximate surface area is 199 Å². The summed E-state index contributed by atoms with van der Waals surface area (Å²) in [6, 6.07) is 6.15. The molecule has 6 nitrogen and oxygen atoms in total. The molecular weight excluding hydrogens is 497 g/mol. The van der Waals surface area contributed by atoms with Crippen LogP contribution in [0.1, 0.15) is 15.9 Å². The van der Waals surface area contributed by atoms with Crippen LogP contribution in [-0.4, -0.2) is 60.9 Å². The number of aromatic hydroxyl groups is 1. The minimum absolute atomic E-state index is 0.119. The summed E-state index contributed by atoms with van der Waals surface area (Å²) < 4.78 is 21.2. The van der Waals surface area contributed by atoms with E-state index in [0.717, 1.165) is 42.2 Å². The van der Waals surface area contributed by atoms with Gasteiger partial charge in [-0.2, -0.15) is 0 Å². The fraction of sp³-hybridized carbons (Fsp3) is 0.348. The van der Waals surface area contributed by atoms with E-state index in [1.165, 1.54) is 31.0 Å². The molecule has 0 amide bonds. The van der Waals surface area contributed by atoms with Crippen LogP contribution in [0.2, 0.25) is 0 Å². The summed E-state index contributed by atoms with van der Waals surface area (Å²) in [5.41, 5.74) is 2.70. The van der Waals surface area contributed by atoms with Crippen LogP contribution in [0.25, 0.3) is 10.9 Å². The van der Waals surface area contributed by atoms with Gasteiger partial charge in [0.25, 0.3) is 0 Å². The number of phenolic OH excluding ortho intramolecular Hbond substituents is 1. The second-order valence-electron chi connectivity index (χ2n) is 7.94. The number of esters is 1. The third-order valence-corrected chi connectivity index (χ3v) is 8.08. The molecule has 1 saturated heterocycles. The lowest BCUT2D eigenvalue weighted by atomic mass is 10.0. The van der Waals surface area contributed by atoms with Gasteiger partial charge >= 0.3 is 5.97 Å². The van der Waals surface area contributed by atoms with Crippen LogP contribution in [0.5, 0.6) is 5.75 Å². The van der Waals surface area contributed by atoms with Gasteiger partial charge in [-0.15, -0.1) is 0 Å². The van der Waals surface area contributed by atoms with Gasteiger partial charge in [0, 0.05) is 43.5 Å². The van der Waals surface area contributed by atoms with Crippen molar-refractivity contribution in [2.45, 2.75) is 16.8 Å². The monoisotopic (exact) mass is 521 g/mol. The van der Waals surface area contributed by atoms with Crippen LogP contribution < -0.4 is 4.90 Å². The van der Waals surface area contributed by atoms with E-state index in [1.54, 1.807) is 12.1 Å². The number of aryl methyl sites for hydroxylation is 2. The SMILES string of the molecule is COC(=O)c1c(Sc2ccc(F)cc2)n(C)c2c(C)c(Br)c(O)c(N3CCN(C)CC3)c12. The maximum absolute atomic E-state index is 13.4. The molecule has 32 heavy (non-hydrogen) atoms. The lowest BCUT2D eigenvalue weighted by Crippen LogP contribution is -2.44. The van der Waals surface area contributed by atoms with E-state index in [4.69, 9.17) is 4.74 Å². The molecule has 1 aromatic heterocycles. The highest BCUT2D eigenvalue weighted by molar-refractivity contribution is 9.10. The summed E-state index contributed by atoms with van der Waals surface area (Å²) in [6.07, 6.45) is 0. The molecule has 9 heteroatoms. The van der Waals surface area contributed by atoms with Crippen molar-refractivity contribution in [3.8, 4) is 5.75 Å². The van der Waals surface area contributed by atoms with E-state index in [0.29, 0.717) is 26.1 Å². The van der Waals surface area contributed by atoms with Crippen molar-refractivity contribution >= 4 is 50.3 Å². The number of nitrogens with zero attached hydrogens (tertiary/aromatic N) is 3. The van der Waals surface area contributed by atoms with Gasteiger partial charge in [-0.25, -0.2) is 9.18 Å². The first-order valence-corrected chi connectivity index (χ1v) is 11.8. The van der Waals surface area contributed by atoms with Crippen LogP contribution in [0.4, 0.5) is 10.1 Å². The molecule has 170 valence electrons. The van der Waals surface area contributed by atoms with Gasteiger partial charge in [0.1, 0.15) is 11.4 Å². The second-order valence-corrected chi connectivity index (χ2v) is 9.79. The van der Waals surface area contributed by atoms with Crippen LogP contribution in [0.15, 0.2) is 38.7 Å². The molecule has 1 fully saturated rings. The Kier molecular flexibility index (Phi) is 6.42. The summed E-state index contributed by atoms with van der Waals surface area (Å²) in [6.45, 7) is 5.07. The number of piperazine rings is 1. The fourth-order valence-corrected chi connectivity index (χ4v) is 5.59. The molecule has 3 aromatic rings. The van der Waals surface area contributed by atoms with Crippen LogP contribution in [0.3, 0.4) is 0 Å². The number of carbonyl (C=O) groups is 1. The predicted octanol–water partition coefficient (Wildman–Crippen LogP) is 4.78. The number of anilines is 1. The quantitative estimate of drug-likeness (QED) is 0.498. The number of halogens is 2. The Bertz CT molecular complexity index is 1190. The highest BCUT2D eigenvalue weighted by Gasteiger charge is 2.32. The van der Waals surface area contributed by atoms with Crippen molar-refractivity contribution in [3.63, 3.8) is 0 Å². The molecule has 0 spiro atoms. The van der Waals surface area contributed by atoms with E-state index < -0.39 is 5.97 Å². The summed E-state index contributed by atoms with van der Waals surface area (Å²) in [4.78, 5) is 18.2. The standard InChI is InChI=1S/C23H25BrFN3O3S/c1-13-18(24)21(29)20(28-11-9-26(2)10-12-28)16-17(23(30)31-4)22(27(3)19(13)16)32-15-7-5-14(25)6-8-15/h5-8,29H,9-12H2,1-4H3. The van der Waals surface area contributed by atoms with Gasteiger partial charge in [-0.1, -0.05) is 11.8 Å². The minimum Gasteiger partial charge on any atom is -0.505 e. The number of methoxy groups -OCH3 is 1. The Morgan fingerprint density at radius 1 is 1.16 bits per heavy atom. The molecule has 0 unspecified atom stereocenters. The maximum atomic E-state index is 13.4. The van der Waals surface area contributed by atoms with Gasteiger partial charge in [-0.05, 0) is 59.7 Å². The summed E-state index contributed by atoms with van der Waals surface area (Å²) in [7, 11) is 5.32. The zero-order valence-corrected chi connectivity index (χ0v) is 20.8. The van der Waals surface area contributed by atoms with Gasteiger partial charge < -0.3 is 24.2 Å². The highest BCUT2D eigenvalue weighted by Crippen LogP contribution is 2.49. The molecule has 0 atom stereocenters. The average molecular weight is 522 g/mol. The largest absolute Gasteiger partial charge is 0.505 e. The van der Waals surface area contributed by atoms with E-state index in [9.17, 15) is 14.3 Å². The number of hydrogen-bond donors (Lipinski definition) is 1. The summed E-state index contributed by atoms with van der Waals surface area (Å²) in [5, 5.41) is 12.5. The molecule has 1 N–H and O–H groups in total. The number of hydrogen-bond acceptors (Lipinski definition) is 6. The molecule has 0 radical (unpaired) electrons. The molecule has 0 saturated carbocycles. The Hall–Kier alpha value is -2.23. The molecule has 1 aliphatic rings. The van der Waals surface area contributed by atoms with Crippen molar-refractivity contribution in [3.05, 3.63) is 45.7 Å². The minimum atomic E-state index is -0.475. The van der Waals surface area contributed by atoms with Crippen molar-refractivity contribution < 1.29 is 19.0 Å². The Balaban J connectivity index is 2.01. The topological polar surface area (TPSA) is 57.9 Å². The first-order valence-electron chi connectivity index (χ1n) is 10.2. The number of fused-ring (bicyclic) bond motifs is 1. The molecule has 2 aromatic carbocycles. The van der Waals surface area contributed by atoms with Crippen LogP contribution in [0, 0.1) is 12.7 Å². The van der Waals surface area contributed by atoms with Crippen molar-refractivity contribution in [2.24, 2.45) is 7.05 Å². The molecule has 1 aliphatic heterocycles. The average Bonchev–Trinajstić information content (AvgIpc) is 3.06. The first-order chi connectivity index (χ1) is 15.2. The maximum Gasteiger partial charge on any atom is 0.341 e. The van der Waals surface area contributed by atoms with Gasteiger partial charge in [0.2, 0.25) is 0 Å². The number of benzene rings is 2. The molecule has 0 bridgehead atoms. The molecule has 2 heterocycles. The van der Waals surface area contributed by atoms with Crippen molar-refractivity contribution in [2.75, 3.05) is 45.2 Å². The zero-order valence-electron chi connectivity index (χ0n) is 18.4. The van der Waals surface area contributed by atoms with E-state index in [2.05, 4.69) is 32.8 Å². The zero-order chi connectivity index (χ0) is 23.2. The number of aromatic nitrogens is 1. The van der Waals surface area contributed by atoms with Gasteiger partial charge in [0.15, 0.2) is 5.75 Å². The molecular formula is C23H25BrFN3O3S. The molecule has 4 rings (SSSR count). The van der Waals surface area contributed by atoms with Gasteiger partial charge in [-0.3, -0.25) is 0 Å². The summed E-state index contributed by atoms with van der Waals surface area (Å²) >= 11 is 4.93. The van der Waals surface area contributed by atoms with Crippen molar-refractivity contribution in [1.29, 1.82) is 0 Å². The highest BCUT2D eigenvalue weighted by atomic mass is 79.9. The van der Waals surface area contributed by atoms with Crippen LogP contribution in [-0.2, 0) is 11.8 Å². The fourth-order valence-electron chi connectivity index (χ4n) is 4.20. The molecule has 0 aliphatic carbocycles. The third kappa shape index (κ3) is 3.86. The first kappa shape index (κ1) is 22.9. The van der Waals surface area contributed by atoms with E-state index >= 15 is 0 Å². The number of rotatable bonds is 4. The van der Waals surface area contributed by atoms with E-state index in [1.807, 2.05) is 18.5 Å². The van der Waals surface area contributed by atoms with Crippen LogP contribution >= 0.6 is 27.7 Å². The Morgan fingerprint density at radius 3 is 2.38 bits per heavy atom. The normalized spacial score (nSPS) is 14.9. The predicted molar refractivity (Wildman–Crippen MR) is 129 cm³/mol. The lowest BCUT2D eigenvalue weighted by molar-refractivity contribution is 0.0598. The summed E-state index contributed by atoms with van der Waals surface area (Å²) in [5.74, 6) is -0.674. The number of carbonyl (C=O) groups excluding carboxylic acids is 1. The smallest absolute Gasteiger partial charge is 0.341 e. The second kappa shape index (κ2) is 8.96. The number of phenols is 1. The van der Waals surface area contributed by atoms with Gasteiger partial charge in [0.05, 0.1) is 27.8 Å².